The molecular weight excluding hydrogens is 316 g/mol. The predicted molar refractivity (Wildman–Crippen MR) is 98.2 cm³/mol. The van der Waals surface area contributed by atoms with Crippen LogP contribution in [0.4, 0.5) is 0 Å². The summed E-state index contributed by atoms with van der Waals surface area (Å²) in [5.74, 6) is 0.901. The van der Waals surface area contributed by atoms with E-state index in [-0.39, 0.29) is 23.7 Å². The standard InChI is InChI=1S/C20H30N2O3/c1-4-15(3)20(24)22-12-8-10-17(14-22)19(23)21-13-16-9-6-7-11-18(16)25-5-2/h6-7,9,11,15,17H,4-5,8,10,12-14H2,1-3H3,(H,21,23). The molecule has 2 amide bonds. The Morgan fingerprint density at radius 1 is 1.32 bits per heavy atom. The monoisotopic (exact) mass is 346 g/mol. The van der Waals surface area contributed by atoms with Crippen molar-refractivity contribution < 1.29 is 14.3 Å². The Morgan fingerprint density at radius 3 is 2.80 bits per heavy atom. The van der Waals surface area contributed by atoms with Crippen molar-refractivity contribution in [1.82, 2.24) is 10.2 Å². The van der Waals surface area contributed by atoms with E-state index >= 15 is 0 Å². The van der Waals surface area contributed by atoms with Crippen molar-refractivity contribution in [1.29, 1.82) is 0 Å². The lowest BCUT2D eigenvalue weighted by Gasteiger charge is -2.33. The second-order valence-electron chi connectivity index (χ2n) is 6.69. The Balaban J connectivity index is 1.91. The Labute approximate surface area is 150 Å². The first-order chi connectivity index (χ1) is 12.1. The van der Waals surface area contributed by atoms with E-state index in [0.717, 1.165) is 37.1 Å². The molecule has 5 heteroatoms. The topological polar surface area (TPSA) is 58.6 Å². The second kappa shape index (κ2) is 9.44. The minimum atomic E-state index is -0.124. The van der Waals surface area contributed by atoms with Gasteiger partial charge in [-0.15, -0.1) is 0 Å². The van der Waals surface area contributed by atoms with Crippen LogP contribution in [0, 0.1) is 11.8 Å². The molecule has 1 aliphatic heterocycles. The number of benzene rings is 1. The van der Waals surface area contributed by atoms with Gasteiger partial charge in [0.25, 0.3) is 0 Å². The first-order valence-electron chi connectivity index (χ1n) is 9.34. The van der Waals surface area contributed by atoms with Crippen LogP contribution in [0.2, 0.25) is 0 Å². The van der Waals surface area contributed by atoms with Gasteiger partial charge in [-0.05, 0) is 32.3 Å². The summed E-state index contributed by atoms with van der Waals surface area (Å²) in [5.41, 5.74) is 0.973. The highest BCUT2D eigenvalue weighted by atomic mass is 16.5. The molecule has 0 saturated carbocycles. The van der Waals surface area contributed by atoms with Gasteiger partial charge < -0.3 is 15.0 Å². The lowest BCUT2D eigenvalue weighted by molar-refractivity contribution is -0.139. The molecule has 0 bridgehead atoms. The molecule has 1 aromatic rings. The van der Waals surface area contributed by atoms with E-state index in [9.17, 15) is 9.59 Å². The van der Waals surface area contributed by atoms with Crippen LogP contribution in [0.3, 0.4) is 0 Å². The smallest absolute Gasteiger partial charge is 0.225 e. The summed E-state index contributed by atoms with van der Waals surface area (Å²) in [6.07, 6.45) is 2.55. The van der Waals surface area contributed by atoms with Crippen LogP contribution in [-0.2, 0) is 16.1 Å². The average molecular weight is 346 g/mol. The van der Waals surface area contributed by atoms with E-state index in [4.69, 9.17) is 4.74 Å². The van der Waals surface area contributed by atoms with Gasteiger partial charge in [-0.25, -0.2) is 0 Å². The molecule has 1 aromatic carbocycles. The molecule has 2 atom stereocenters. The molecular formula is C20H30N2O3. The molecule has 0 aliphatic carbocycles. The van der Waals surface area contributed by atoms with Crippen LogP contribution in [-0.4, -0.2) is 36.4 Å². The van der Waals surface area contributed by atoms with Gasteiger partial charge in [0.05, 0.1) is 12.5 Å². The Morgan fingerprint density at radius 2 is 2.08 bits per heavy atom. The summed E-state index contributed by atoms with van der Waals surface area (Å²) in [6, 6.07) is 7.75. The molecule has 1 aliphatic rings. The quantitative estimate of drug-likeness (QED) is 0.826. The van der Waals surface area contributed by atoms with Crippen LogP contribution >= 0.6 is 0 Å². The largest absolute Gasteiger partial charge is 0.494 e. The zero-order valence-corrected chi connectivity index (χ0v) is 15.6. The number of nitrogens with one attached hydrogen (secondary N) is 1. The Hall–Kier alpha value is -2.04. The highest BCUT2D eigenvalue weighted by Gasteiger charge is 2.29. The van der Waals surface area contributed by atoms with Gasteiger partial charge >= 0.3 is 0 Å². The number of carbonyl (C=O) groups excluding carboxylic acids is 2. The second-order valence-corrected chi connectivity index (χ2v) is 6.69. The first kappa shape index (κ1) is 19.3. The molecule has 1 saturated heterocycles. The number of hydrogen-bond acceptors (Lipinski definition) is 3. The zero-order chi connectivity index (χ0) is 18.2. The number of para-hydroxylation sites is 1. The number of piperidine rings is 1. The van der Waals surface area contributed by atoms with Crippen LogP contribution in [0.25, 0.3) is 0 Å². The zero-order valence-electron chi connectivity index (χ0n) is 15.6. The molecule has 0 spiro atoms. The van der Waals surface area contributed by atoms with Crippen LogP contribution < -0.4 is 10.1 Å². The number of amides is 2. The van der Waals surface area contributed by atoms with Gasteiger partial charge in [-0.3, -0.25) is 9.59 Å². The van der Waals surface area contributed by atoms with E-state index in [1.807, 2.05) is 49.9 Å². The van der Waals surface area contributed by atoms with Crippen molar-refractivity contribution in [3.05, 3.63) is 29.8 Å². The molecule has 0 aromatic heterocycles. The summed E-state index contributed by atoms with van der Waals surface area (Å²) in [6.45, 7) is 8.26. The van der Waals surface area contributed by atoms with Crippen molar-refractivity contribution in [2.24, 2.45) is 11.8 Å². The van der Waals surface area contributed by atoms with E-state index in [0.29, 0.717) is 19.7 Å². The lowest BCUT2D eigenvalue weighted by Crippen LogP contribution is -2.46. The van der Waals surface area contributed by atoms with E-state index in [1.54, 1.807) is 0 Å². The number of hydrogen-bond donors (Lipinski definition) is 1. The van der Waals surface area contributed by atoms with Crippen molar-refractivity contribution >= 4 is 11.8 Å². The molecule has 0 radical (unpaired) electrons. The highest BCUT2D eigenvalue weighted by molar-refractivity contribution is 5.82. The lowest BCUT2D eigenvalue weighted by atomic mass is 9.95. The molecule has 1 fully saturated rings. The molecule has 2 unspecified atom stereocenters. The van der Waals surface area contributed by atoms with E-state index in [1.165, 1.54) is 0 Å². The van der Waals surface area contributed by atoms with Gasteiger partial charge in [0.1, 0.15) is 5.75 Å². The number of likely N-dealkylation sites (tertiary alicyclic amines) is 1. The van der Waals surface area contributed by atoms with Gasteiger partial charge in [0.15, 0.2) is 0 Å². The molecule has 1 N–H and O–H groups in total. The molecule has 5 nitrogen and oxygen atoms in total. The molecule has 1 heterocycles. The third-order valence-electron chi connectivity index (χ3n) is 4.86. The summed E-state index contributed by atoms with van der Waals surface area (Å²) >= 11 is 0. The summed E-state index contributed by atoms with van der Waals surface area (Å²) in [4.78, 5) is 26.8. The Kier molecular flexibility index (Phi) is 7.29. The van der Waals surface area contributed by atoms with Crippen LogP contribution in [0.15, 0.2) is 24.3 Å². The normalized spacial score (nSPS) is 18.5. The van der Waals surface area contributed by atoms with Gasteiger partial charge in [-0.2, -0.15) is 0 Å². The first-order valence-corrected chi connectivity index (χ1v) is 9.34. The van der Waals surface area contributed by atoms with Crippen molar-refractivity contribution in [3.63, 3.8) is 0 Å². The van der Waals surface area contributed by atoms with Crippen LogP contribution in [0.1, 0.15) is 45.6 Å². The van der Waals surface area contributed by atoms with Gasteiger partial charge in [0, 0.05) is 31.1 Å². The minimum absolute atomic E-state index is 0.0213. The fourth-order valence-corrected chi connectivity index (χ4v) is 3.15. The van der Waals surface area contributed by atoms with Crippen LogP contribution in [0.5, 0.6) is 5.75 Å². The fraction of sp³-hybridized carbons (Fsp3) is 0.600. The SMILES string of the molecule is CCOc1ccccc1CNC(=O)C1CCCN(C(=O)C(C)CC)C1. The maximum absolute atomic E-state index is 12.6. The van der Waals surface area contributed by atoms with Crippen molar-refractivity contribution in [2.75, 3.05) is 19.7 Å². The number of carbonyl (C=O) groups is 2. The minimum Gasteiger partial charge on any atom is -0.494 e. The predicted octanol–water partition coefficient (Wildman–Crippen LogP) is 2.99. The Bertz CT molecular complexity index is 588. The molecule has 25 heavy (non-hydrogen) atoms. The van der Waals surface area contributed by atoms with Crippen molar-refractivity contribution in [3.8, 4) is 5.75 Å². The third kappa shape index (κ3) is 5.21. The number of nitrogens with zero attached hydrogens (tertiary/aromatic N) is 1. The molecule has 138 valence electrons. The maximum atomic E-state index is 12.6. The average Bonchev–Trinajstić information content (AvgIpc) is 2.66. The van der Waals surface area contributed by atoms with E-state index < -0.39 is 0 Å². The summed E-state index contributed by atoms with van der Waals surface area (Å²) in [5, 5.41) is 3.01. The van der Waals surface area contributed by atoms with Crippen molar-refractivity contribution in [2.45, 2.75) is 46.6 Å². The van der Waals surface area contributed by atoms with Gasteiger partial charge in [0.2, 0.25) is 11.8 Å². The summed E-state index contributed by atoms with van der Waals surface area (Å²) < 4.78 is 5.60. The third-order valence-corrected chi connectivity index (χ3v) is 4.86. The highest BCUT2D eigenvalue weighted by Crippen LogP contribution is 2.21. The fourth-order valence-electron chi connectivity index (χ4n) is 3.15. The number of ether oxygens (including phenoxy) is 1. The summed E-state index contributed by atoms with van der Waals surface area (Å²) in [7, 11) is 0. The number of rotatable bonds is 7. The van der Waals surface area contributed by atoms with Gasteiger partial charge in [-0.1, -0.05) is 32.0 Å². The van der Waals surface area contributed by atoms with E-state index in [2.05, 4.69) is 5.32 Å². The maximum Gasteiger partial charge on any atom is 0.225 e. The molecule has 2 rings (SSSR count).